The van der Waals surface area contributed by atoms with Crippen molar-refractivity contribution in [2.24, 2.45) is 0 Å². The Morgan fingerprint density at radius 1 is 0.918 bits per heavy atom. The Labute approximate surface area is 281 Å². The number of halogens is 3. The number of ether oxygens (including phenoxy) is 1. The molecule has 0 radical (unpaired) electrons. The van der Waals surface area contributed by atoms with Crippen molar-refractivity contribution >= 4 is 23.7 Å². The lowest BCUT2D eigenvalue weighted by Crippen LogP contribution is -2.49. The SMILES string of the molecule is COc1ncc(-c2cnc(N(C(=O)NCc3ccccc3)C3CCC(Nc4ncc(C(F)(F)F)c(N5CCC(O)CC5)n4)CC3)nc2)cn1. The first-order chi connectivity index (χ1) is 23.7. The molecule has 3 N–H and O–H groups in total. The summed E-state index contributed by atoms with van der Waals surface area (Å²) in [5.41, 5.74) is 1.39. The number of urea groups is 1. The Kier molecular flexibility index (Phi) is 10.3. The molecule has 0 atom stereocenters. The molecule has 0 bridgehead atoms. The third kappa shape index (κ3) is 8.31. The van der Waals surface area contributed by atoms with Crippen LogP contribution in [0.15, 0.2) is 61.3 Å². The summed E-state index contributed by atoms with van der Waals surface area (Å²) in [4.78, 5) is 42.5. The number of aliphatic hydroxyl groups excluding tert-OH is 1. The van der Waals surface area contributed by atoms with Gasteiger partial charge in [0.05, 0.1) is 13.2 Å². The lowest BCUT2D eigenvalue weighted by atomic mass is 9.90. The zero-order valence-corrected chi connectivity index (χ0v) is 26.8. The van der Waals surface area contributed by atoms with E-state index in [0.717, 1.165) is 11.8 Å². The number of carbonyl (C=O) groups excluding carboxylic acids is 1. The number of piperidine rings is 1. The smallest absolute Gasteiger partial charge is 0.421 e. The molecule has 3 aromatic heterocycles. The summed E-state index contributed by atoms with van der Waals surface area (Å²) in [6.07, 6.45) is 5.18. The van der Waals surface area contributed by atoms with Crippen LogP contribution >= 0.6 is 0 Å². The zero-order chi connectivity index (χ0) is 34.4. The minimum Gasteiger partial charge on any atom is -0.467 e. The van der Waals surface area contributed by atoms with E-state index in [1.165, 1.54) is 7.11 Å². The van der Waals surface area contributed by atoms with Gasteiger partial charge in [-0.2, -0.15) is 18.2 Å². The van der Waals surface area contributed by atoms with E-state index < -0.39 is 17.8 Å². The van der Waals surface area contributed by atoms with E-state index >= 15 is 0 Å². The van der Waals surface area contributed by atoms with Crippen LogP contribution in [-0.4, -0.2) is 79.4 Å². The summed E-state index contributed by atoms with van der Waals surface area (Å²) in [5.74, 6) is 0.160. The predicted octanol–water partition coefficient (Wildman–Crippen LogP) is 4.85. The zero-order valence-electron chi connectivity index (χ0n) is 26.8. The van der Waals surface area contributed by atoms with Gasteiger partial charge in [0.25, 0.3) is 0 Å². The number of methoxy groups -OCH3 is 1. The molecule has 4 aromatic rings. The summed E-state index contributed by atoms with van der Waals surface area (Å²) in [6.45, 7) is 0.855. The molecule has 0 spiro atoms. The summed E-state index contributed by atoms with van der Waals surface area (Å²) in [6, 6.07) is 9.08. The lowest BCUT2D eigenvalue weighted by Gasteiger charge is -2.36. The van der Waals surface area contributed by atoms with Crippen LogP contribution in [0.2, 0.25) is 0 Å². The van der Waals surface area contributed by atoms with Gasteiger partial charge in [0.15, 0.2) is 0 Å². The number of amides is 2. The Morgan fingerprint density at radius 2 is 1.55 bits per heavy atom. The van der Waals surface area contributed by atoms with Gasteiger partial charge in [0.2, 0.25) is 11.9 Å². The molecule has 49 heavy (non-hydrogen) atoms. The van der Waals surface area contributed by atoms with Gasteiger partial charge in [-0.3, -0.25) is 4.90 Å². The second kappa shape index (κ2) is 15.0. The first-order valence-corrected chi connectivity index (χ1v) is 16.1. The van der Waals surface area contributed by atoms with Crippen LogP contribution < -0.4 is 25.2 Å². The van der Waals surface area contributed by atoms with E-state index in [-0.39, 0.29) is 54.9 Å². The first-order valence-electron chi connectivity index (χ1n) is 16.1. The molecule has 1 aliphatic carbocycles. The third-order valence-electron chi connectivity index (χ3n) is 8.74. The Hall–Kier alpha value is -5.12. The summed E-state index contributed by atoms with van der Waals surface area (Å²) < 4.78 is 46.6. The third-order valence-corrected chi connectivity index (χ3v) is 8.74. The van der Waals surface area contributed by atoms with Crippen molar-refractivity contribution in [2.75, 3.05) is 35.3 Å². The maximum absolute atomic E-state index is 13.8. The van der Waals surface area contributed by atoms with E-state index in [1.54, 1.807) is 34.6 Å². The first kappa shape index (κ1) is 33.8. The van der Waals surface area contributed by atoms with Crippen LogP contribution in [0.1, 0.15) is 49.7 Å². The number of carbonyl (C=O) groups is 1. The number of alkyl halides is 3. The van der Waals surface area contributed by atoms with Gasteiger partial charge in [-0.15, -0.1) is 0 Å². The number of aliphatic hydroxyl groups is 1. The van der Waals surface area contributed by atoms with E-state index in [0.29, 0.717) is 56.2 Å². The summed E-state index contributed by atoms with van der Waals surface area (Å²) in [5, 5.41) is 16.1. The minimum absolute atomic E-state index is 0.108. The second-order valence-electron chi connectivity index (χ2n) is 12.0. The molecule has 1 aliphatic heterocycles. The van der Waals surface area contributed by atoms with Crippen LogP contribution in [0.3, 0.4) is 0 Å². The largest absolute Gasteiger partial charge is 0.467 e. The maximum Gasteiger partial charge on any atom is 0.421 e. The number of nitrogens with zero attached hydrogens (tertiary/aromatic N) is 8. The van der Waals surface area contributed by atoms with Crippen LogP contribution in [0, 0.1) is 0 Å². The fraction of sp³-hybridized carbons (Fsp3) is 0.424. The fourth-order valence-electron chi connectivity index (χ4n) is 6.07. The average molecular weight is 679 g/mol. The highest BCUT2D eigenvalue weighted by molar-refractivity contribution is 5.90. The highest BCUT2D eigenvalue weighted by atomic mass is 19.4. The van der Waals surface area contributed by atoms with Crippen molar-refractivity contribution in [3.05, 3.63) is 72.4 Å². The molecule has 2 aliphatic rings. The fourth-order valence-corrected chi connectivity index (χ4v) is 6.07. The second-order valence-corrected chi connectivity index (χ2v) is 12.0. The van der Waals surface area contributed by atoms with Gasteiger partial charge in [-0.25, -0.2) is 29.7 Å². The van der Waals surface area contributed by atoms with Crippen LogP contribution in [0.4, 0.5) is 35.7 Å². The molecule has 4 heterocycles. The van der Waals surface area contributed by atoms with E-state index in [1.807, 2.05) is 30.3 Å². The van der Waals surface area contributed by atoms with Crippen molar-refractivity contribution in [3.63, 3.8) is 0 Å². The molecular weight excluding hydrogens is 641 g/mol. The lowest BCUT2D eigenvalue weighted by molar-refractivity contribution is -0.137. The summed E-state index contributed by atoms with van der Waals surface area (Å²) >= 11 is 0. The number of benzene rings is 1. The Balaban J connectivity index is 1.16. The van der Waals surface area contributed by atoms with E-state index in [2.05, 4.69) is 40.5 Å². The number of anilines is 3. The molecule has 1 aromatic carbocycles. The van der Waals surface area contributed by atoms with Crippen LogP contribution in [0.25, 0.3) is 11.1 Å². The van der Waals surface area contributed by atoms with Crippen molar-refractivity contribution < 1.29 is 27.8 Å². The molecule has 1 saturated heterocycles. The average Bonchev–Trinajstić information content (AvgIpc) is 3.12. The van der Waals surface area contributed by atoms with Crippen molar-refractivity contribution in [1.82, 2.24) is 35.2 Å². The van der Waals surface area contributed by atoms with Crippen molar-refractivity contribution in [3.8, 4) is 17.1 Å². The normalized spacial score (nSPS) is 18.5. The number of hydrogen-bond donors (Lipinski definition) is 3. The van der Waals surface area contributed by atoms with E-state index in [9.17, 15) is 23.1 Å². The number of aromatic nitrogens is 6. The van der Waals surface area contributed by atoms with Crippen molar-refractivity contribution in [1.29, 1.82) is 0 Å². The Bertz CT molecular complexity index is 1680. The molecular formula is C33H37F3N10O3. The van der Waals surface area contributed by atoms with Gasteiger partial charge in [0, 0.05) is 73.8 Å². The number of rotatable bonds is 9. The van der Waals surface area contributed by atoms with Gasteiger partial charge >= 0.3 is 18.2 Å². The molecule has 6 rings (SSSR count). The predicted molar refractivity (Wildman–Crippen MR) is 175 cm³/mol. The molecule has 13 nitrogen and oxygen atoms in total. The summed E-state index contributed by atoms with van der Waals surface area (Å²) in [7, 11) is 1.48. The minimum atomic E-state index is -4.62. The van der Waals surface area contributed by atoms with Gasteiger partial charge in [-0.1, -0.05) is 30.3 Å². The van der Waals surface area contributed by atoms with Gasteiger partial charge in [0.1, 0.15) is 11.4 Å². The Morgan fingerprint density at radius 3 is 2.16 bits per heavy atom. The van der Waals surface area contributed by atoms with Crippen molar-refractivity contribution in [2.45, 2.75) is 69.4 Å². The van der Waals surface area contributed by atoms with Crippen LogP contribution in [0.5, 0.6) is 6.01 Å². The molecule has 16 heteroatoms. The molecule has 2 amide bonds. The van der Waals surface area contributed by atoms with Crippen LogP contribution in [-0.2, 0) is 12.7 Å². The highest BCUT2D eigenvalue weighted by Gasteiger charge is 2.38. The highest BCUT2D eigenvalue weighted by Crippen LogP contribution is 2.37. The monoisotopic (exact) mass is 678 g/mol. The van der Waals surface area contributed by atoms with Gasteiger partial charge < -0.3 is 25.4 Å². The topological polar surface area (TPSA) is 154 Å². The van der Waals surface area contributed by atoms with E-state index in [4.69, 9.17) is 4.74 Å². The maximum atomic E-state index is 13.8. The molecule has 1 saturated carbocycles. The molecule has 0 unspecified atom stereocenters. The number of nitrogens with one attached hydrogen (secondary N) is 2. The standard InChI is InChI=1S/C33H37F3N10O3/c1-49-31-40-18-23(19-41-31)22-16-38-30(39-17-22)46(32(48)42-15-21-5-3-2-4-6-21)25-9-7-24(8-10-25)43-29-37-20-27(33(34,35)36)28(44-29)45-13-11-26(47)12-14-45/h2-6,16-20,24-26,47H,7-15H2,1H3,(H,42,48)(H,37,43,44). The molecule has 2 fully saturated rings. The molecule has 258 valence electrons. The quantitative estimate of drug-likeness (QED) is 0.223. The van der Waals surface area contributed by atoms with Gasteiger partial charge in [-0.05, 0) is 44.1 Å². The number of hydrogen-bond acceptors (Lipinski definition) is 11.